The minimum Gasteiger partial charge on any atom is -0.748 e. The van der Waals surface area contributed by atoms with E-state index in [0.717, 1.165) is 0 Å². The molecule has 0 aromatic heterocycles. The second-order valence-electron chi connectivity index (χ2n) is 2.27. The van der Waals surface area contributed by atoms with Crippen LogP contribution in [-0.2, 0) is 10.1 Å². The second-order valence-corrected chi connectivity index (χ2v) is 3.72. The van der Waals surface area contributed by atoms with Crippen molar-refractivity contribution < 1.29 is 52.7 Å². The molecule has 2 N–H and O–H groups in total. The molecule has 0 aromatic carbocycles. The Morgan fingerprint density at radius 1 is 1.33 bits per heavy atom. The summed E-state index contributed by atoms with van der Waals surface area (Å²) in [5.74, 6) is -0.929. The maximum Gasteiger partial charge on any atom is 1.00 e. The molecular formula is C5H11NaO5S. The molecule has 7 heteroatoms. The summed E-state index contributed by atoms with van der Waals surface area (Å²) in [6.45, 7) is 1.57. The van der Waals surface area contributed by atoms with Gasteiger partial charge in [-0.15, -0.1) is 0 Å². The summed E-state index contributed by atoms with van der Waals surface area (Å²) in [6, 6.07) is 0. The van der Waals surface area contributed by atoms with E-state index in [2.05, 4.69) is 0 Å². The zero-order valence-corrected chi connectivity index (χ0v) is 9.91. The third kappa shape index (κ3) is 7.48. The maximum absolute atomic E-state index is 10.0. The van der Waals surface area contributed by atoms with Gasteiger partial charge in [-0.05, 0) is 6.42 Å². The summed E-state index contributed by atoms with van der Waals surface area (Å²) in [4.78, 5) is 0. The fraction of sp³-hybridized carbons (Fsp3) is 1.00. The van der Waals surface area contributed by atoms with Gasteiger partial charge in [-0.1, -0.05) is 6.92 Å². The molecule has 0 saturated heterocycles. The van der Waals surface area contributed by atoms with Crippen molar-refractivity contribution in [3.8, 4) is 0 Å². The minimum absolute atomic E-state index is 0. The fourth-order valence-corrected chi connectivity index (χ4v) is 1.23. The zero-order valence-electron chi connectivity index (χ0n) is 7.10. The van der Waals surface area contributed by atoms with Crippen LogP contribution in [0.5, 0.6) is 0 Å². The van der Waals surface area contributed by atoms with Gasteiger partial charge in [0.25, 0.3) is 0 Å². The average Bonchev–Trinajstić information content (AvgIpc) is 1.82. The molecule has 12 heavy (non-hydrogen) atoms. The Balaban J connectivity index is 0. The number of aliphatic hydroxyl groups is 2. The molecule has 2 unspecified atom stereocenters. The van der Waals surface area contributed by atoms with Crippen LogP contribution in [0.4, 0.5) is 0 Å². The van der Waals surface area contributed by atoms with Crippen molar-refractivity contribution >= 4 is 10.1 Å². The SMILES string of the molecule is CCC(O)C(O)CS(=O)(=O)[O-].[Na+]. The van der Waals surface area contributed by atoms with Crippen LogP contribution in [-0.4, -0.2) is 41.1 Å². The quantitative estimate of drug-likeness (QED) is 0.358. The minimum atomic E-state index is -4.44. The Morgan fingerprint density at radius 3 is 2.00 bits per heavy atom. The molecule has 0 bridgehead atoms. The molecule has 2 atom stereocenters. The van der Waals surface area contributed by atoms with Gasteiger partial charge in [0, 0.05) is 0 Å². The van der Waals surface area contributed by atoms with Crippen molar-refractivity contribution in [2.75, 3.05) is 5.75 Å². The molecular weight excluding hydrogens is 195 g/mol. The molecule has 0 aromatic rings. The van der Waals surface area contributed by atoms with Crippen molar-refractivity contribution in [2.45, 2.75) is 25.6 Å². The van der Waals surface area contributed by atoms with Crippen LogP contribution in [0.25, 0.3) is 0 Å². The molecule has 0 radical (unpaired) electrons. The summed E-state index contributed by atoms with van der Waals surface area (Å²) in [5.41, 5.74) is 0. The van der Waals surface area contributed by atoms with Gasteiger partial charge in [-0.2, -0.15) is 0 Å². The summed E-state index contributed by atoms with van der Waals surface area (Å²) in [5, 5.41) is 17.7. The van der Waals surface area contributed by atoms with E-state index < -0.39 is 28.1 Å². The summed E-state index contributed by atoms with van der Waals surface area (Å²) in [6.07, 6.45) is -2.39. The number of rotatable bonds is 4. The molecule has 0 heterocycles. The Hall–Kier alpha value is 0.830. The standard InChI is InChI=1S/C5H12O5S.Na/c1-2-4(6)5(7)3-11(8,9)10;/h4-7H,2-3H2,1H3,(H,8,9,10);/q;+1/p-1. The Morgan fingerprint density at radius 2 is 1.75 bits per heavy atom. The summed E-state index contributed by atoms with van der Waals surface area (Å²) in [7, 11) is -4.44. The molecule has 0 rings (SSSR count). The van der Waals surface area contributed by atoms with E-state index in [9.17, 15) is 13.0 Å². The molecule has 0 fully saturated rings. The maximum atomic E-state index is 10.0. The summed E-state index contributed by atoms with van der Waals surface area (Å²) >= 11 is 0. The molecule has 0 aliphatic rings. The van der Waals surface area contributed by atoms with Crippen LogP contribution >= 0.6 is 0 Å². The summed E-state index contributed by atoms with van der Waals surface area (Å²) < 4.78 is 30.1. The monoisotopic (exact) mass is 206 g/mol. The van der Waals surface area contributed by atoms with Gasteiger partial charge in [-0.25, -0.2) is 8.42 Å². The topological polar surface area (TPSA) is 97.7 Å². The van der Waals surface area contributed by atoms with Crippen LogP contribution in [0.2, 0.25) is 0 Å². The molecule has 0 aliphatic heterocycles. The van der Waals surface area contributed by atoms with Crippen LogP contribution < -0.4 is 29.6 Å². The predicted octanol–water partition coefficient (Wildman–Crippen LogP) is -4.33. The smallest absolute Gasteiger partial charge is 0.748 e. The predicted molar refractivity (Wildman–Crippen MR) is 36.9 cm³/mol. The first kappa shape index (κ1) is 15.3. The number of hydrogen-bond acceptors (Lipinski definition) is 5. The first-order valence-electron chi connectivity index (χ1n) is 3.16. The van der Waals surface area contributed by atoms with E-state index in [1.807, 2.05) is 0 Å². The molecule has 0 aliphatic carbocycles. The fourth-order valence-electron chi connectivity index (χ4n) is 0.592. The van der Waals surface area contributed by atoms with E-state index in [4.69, 9.17) is 10.2 Å². The third-order valence-electron chi connectivity index (χ3n) is 1.24. The van der Waals surface area contributed by atoms with E-state index in [-0.39, 0.29) is 36.0 Å². The Bertz CT molecular complexity index is 202. The Kier molecular flexibility index (Phi) is 8.05. The van der Waals surface area contributed by atoms with E-state index in [1.165, 1.54) is 0 Å². The van der Waals surface area contributed by atoms with Gasteiger partial charge in [0.1, 0.15) is 0 Å². The Labute approximate surface area is 93.8 Å². The second kappa shape index (κ2) is 6.31. The molecule has 5 nitrogen and oxygen atoms in total. The van der Waals surface area contributed by atoms with Crippen molar-refractivity contribution in [2.24, 2.45) is 0 Å². The van der Waals surface area contributed by atoms with Crippen LogP contribution in [0, 0.1) is 0 Å². The number of aliphatic hydroxyl groups excluding tert-OH is 2. The van der Waals surface area contributed by atoms with Crippen LogP contribution in [0.1, 0.15) is 13.3 Å². The molecule has 68 valence electrons. The van der Waals surface area contributed by atoms with Crippen molar-refractivity contribution in [1.82, 2.24) is 0 Å². The van der Waals surface area contributed by atoms with Crippen molar-refractivity contribution in [3.63, 3.8) is 0 Å². The van der Waals surface area contributed by atoms with Gasteiger partial charge < -0.3 is 14.8 Å². The van der Waals surface area contributed by atoms with E-state index >= 15 is 0 Å². The van der Waals surface area contributed by atoms with Gasteiger partial charge in [0.05, 0.1) is 28.1 Å². The first-order valence-corrected chi connectivity index (χ1v) is 4.74. The normalized spacial score (nSPS) is 16.3. The van der Waals surface area contributed by atoms with Crippen LogP contribution in [0.3, 0.4) is 0 Å². The largest absolute Gasteiger partial charge is 1.00 e. The molecule has 0 saturated carbocycles. The number of hydrogen-bond donors (Lipinski definition) is 2. The first-order chi connectivity index (χ1) is 4.87. The van der Waals surface area contributed by atoms with Gasteiger partial charge >= 0.3 is 29.6 Å². The molecule has 0 amide bonds. The van der Waals surface area contributed by atoms with Crippen LogP contribution in [0.15, 0.2) is 0 Å². The molecule has 0 spiro atoms. The average molecular weight is 206 g/mol. The van der Waals surface area contributed by atoms with E-state index in [1.54, 1.807) is 6.92 Å². The van der Waals surface area contributed by atoms with E-state index in [0.29, 0.717) is 0 Å². The zero-order chi connectivity index (χ0) is 9.07. The van der Waals surface area contributed by atoms with Crippen molar-refractivity contribution in [3.05, 3.63) is 0 Å². The van der Waals surface area contributed by atoms with Gasteiger partial charge in [-0.3, -0.25) is 0 Å². The third-order valence-corrected chi connectivity index (χ3v) is 1.99. The van der Waals surface area contributed by atoms with Gasteiger partial charge in [0.15, 0.2) is 0 Å². The van der Waals surface area contributed by atoms with Gasteiger partial charge in [0.2, 0.25) is 0 Å². The van der Waals surface area contributed by atoms with Crippen molar-refractivity contribution in [1.29, 1.82) is 0 Å².